The molecule has 1 atom stereocenters. The lowest BCUT2D eigenvalue weighted by Gasteiger charge is -2.19. The van der Waals surface area contributed by atoms with Crippen LogP contribution in [0.2, 0.25) is 5.02 Å². The molecule has 1 aromatic heterocycles. The molecular weight excluding hydrogens is 396 g/mol. The van der Waals surface area contributed by atoms with E-state index in [0.29, 0.717) is 18.7 Å². The van der Waals surface area contributed by atoms with E-state index in [1.54, 1.807) is 4.90 Å². The summed E-state index contributed by atoms with van der Waals surface area (Å²) in [6.45, 7) is 2.59. The van der Waals surface area contributed by atoms with Gasteiger partial charge in [-0.1, -0.05) is 27.5 Å². The molecule has 1 aliphatic heterocycles. The van der Waals surface area contributed by atoms with Gasteiger partial charge < -0.3 is 10.2 Å². The molecule has 3 rings (SSSR count). The Kier molecular flexibility index (Phi) is 4.64. The highest BCUT2D eigenvalue weighted by atomic mass is 79.9. The summed E-state index contributed by atoms with van der Waals surface area (Å²) in [5.74, 6) is -0.0477. The molecular formula is C16H16BrClN4O2. The number of hydrogen-bond donors (Lipinski definition) is 1. The highest BCUT2D eigenvalue weighted by Crippen LogP contribution is 2.28. The fourth-order valence-electron chi connectivity index (χ4n) is 2.67. The molecule has 1 N–H and O–H groups in total. The number of carbonyl (C=O) groups excluding carboxylic acids is 1. The summed E-state index contributed by atoms with van der Waals surface area (Å²) in [6.07, 6.45) is 2.09. The quantitative estimate of drug-likeness (QED) is 0.843. The number of halogens is 2. The van der Waals surface area contributed by atoms with Crippen LogP contribution >= 0.6 is 27.5 Å². The Balaban J connectivity index is 1.80. The smallest absolute Gasteiger partial charge is 0.287 e. The third-order valence-corrected chi connectivity index (χ3v) is 5.32. The Labute approximate surface area is 152 Å². The Hall–Kier alpha value is -1.86. The van der Waals surface area contributed by atoms with Gasteiger partial charge >= 0.3 is 0 Å². The van der Waals surface area contributed by atoms with E-state index in [-0.39, 0.29) is 10.9 Å². The van der Waals surface area contributed by atoms with Crippen LogP contribution in [-0.4, -0.2) is 28.3 Å². The average molecular weight is 412 g/mol. The summed E-state index contributed by atoms with van der Waals surface area (Å²) in [5.41, 5.74) is 1.91. The van der Waals surface area contributed by atoms with Crippen LogP contribution in [0.15, 0.2) is 33.7 Å². The van der Waals surface area contributed by atoms with Crippen LogP contribution in [0.1, 0.15) is 12.0 Å². The number of anilines is 2. The van der Waals surface area contributed by atoms with Gasteiger partial charge in [-0.05, 0) is 37.1 Å². The summed E-state index contributed by atoms with van der Waals surface area (Å²) in [7, 11) is 1.52. The first kappa shape index (κ1) is 17.0. The van der Waals surface area contributed by atoms with E-state index < -0.39 is 11.6 Å². The van der Waals surface area contributed by atoms with Gasteiger partial charge in [-0.15, -0.1) is 0 Å². The first-order valence-corrected chi connectivity index (χ1v) is 8.61. The Morgan fingerprint density at radius 1 is 1.38 bits per heavy atom. The molecule has 1 aliphatic rings. The molecule has 1 unspecified atom stereocenters. The summed E-state index contributed by atoms with van der Waals surface area (Å²) in [5, 5.41) is 7.02. The Morgan fingerprint density at radius 2 is 2.12 bits per heavy atom. The van der Waals surface area contributed by atoms with Gasteiger partial charge in [0.05, 0.1) is 11.9 Å². The van der Waals surface area contributed by atoms with Crippen LogP contribution < -0.4 is 15.8 Å². The maximum absolute atomic E-state index is 12.7. The largest absolute Gasteiger partial charge is 0.371 e. The van der Waals surface area contributed by atoms with Crippen molar-refractivity contribution >= 4 is 44.8 Å². The second-order valence-corrected chi connectivity index (χ2v) is 6.94. The Bertz CT molecular complexity index is 868. The van der Waals surface area contributed by atoms with Crippen molar-refractivity contribution in [2.45, 2.75) is 19.4 Å². The number of hydrogen-bond acceptors (Lipinski definition) is 4. The maximum Gasteiger partial charge on any atom is 0.287 e. The first-order valence-electron chi connectivity index (χ1n) is 7.44. The van der Waals surface area contributed by atoms with Gasteiger partial charge in [0, 0.05) is 23.8 Å². The molecule has 2 heterocycles. The molecule has 1 amide bonds. The van der Waals surface area contributed by atoms with Crippen molar-refractivity contribution in [1.29, 1.82) is 0 Å². The van der Waals surface area contributed by atoms with Crippen LogP contribution in [-0.2, 0) is 11.8 Å². The van der Waals surface area contributed by atoms with Crippen LogP contribution in [0.3, 0.4) is 0 Å². The SMILES string of the molecule is Cc1cc(N2CCC(Nc3cnn(C)c(=O)c3Cl)C2=O)ccc1Br. The van der Waals surface area contributed by atoms with E-state index in [9.17, 15) is 9.59 Å². The maximum atomic E-state index is 12.7. The summed E-state index contributed by atoms with van der Waals surface area (Å²) in [6, 6.07) is 5.38. The molecule has 0 radical (unpaired) electrons. The number of amides is 1. The standard InChI is InChI=1S/C16H16BrClN4O2/c1-9-7-10(3-4-11(9)17)22-6-5-12(15(22)23)20-13-8-19-21(2)16(24)14(13)18/h3-4,7-8,12,20H,5-6H2,1-2H3. The fourth-order valence-corrected chi connectivity index (χ4v) is 3.14. The fraction of sp³-hybridized carbons (Fsp3) is 0.312. The van der Waals surface area contributed by atoms with Crippen LogP contribution in [0.4, 0.5) is 11.4 Å². The van der Waals surface area contributed by atoms with Crippen molar-refractivity contribution in [3.8, 4) is 0 Å². The van der Waals surface area contributed by atoms with Crippen molar-refractivity contribution in [1.82, 2.24) is 9.78 Å². The van der Waals surface area contributed by atoms with Crippen molar-refractivity contribution in [2.24, 2.45) is 7.05 Å². The second kappa shape index (κ2) is 6.57. The molecule has 0 bridgehead atoms. The van der Waals surface area contributed by atoms with Gasteiger partial charge in [0.15, 0.2) is 0 Å². The lowest BCUT2D eigenvalue weighted by atomic mass is 10.2. The van der Waals surface area contributed by atoms with E-state index >= 15 is 0 Å². The second-order valence-electron chi connectivity index (χ2n) is 5.71. The van der Waals surface area contributed by atoms with Gasteiger partial charge in [0.1, 0.15) is 11.1 Å². The summed E-state index contributed by atoms with van der Waals surface area (Å²) in [4.78, 5) is 26.2. The zero-order chi connectivity index (χ0) is 17.4. The third kappa shape index (κ3) is 3.06. The number of aromatic nitrogens is 2. The van der Waals surface area contributed by atoms with Crippen molar-refractivity contribution in [2.75, 3.05) is 16.8 Å². The lowest BCUT2D eigenvalue weighted by molar-refractivity contribution is -0.117. The first-order chi connectivity index (χ1) is 11.4. The summed E-state index contributed by atoms with van der Waals surface area (Å²) < 4.78 is 2.16. The van der Waals surface area contributed by atoms with E-state index in [2.05, 4.69) is 26.3 Å². The highest BCUT2D eigenvalue weighted by molar-refractivity contribution is 9.10. The number of carbonyl (C=O) groups is 1. The van der Waals surface area contributed by atoms with E-state index in [1.165, 1.54) is 13.2 Å². The average Bonchev–Trinajstić information content (AvgIpc) is 2.91. The molecule has 6 nitrogen and oxygen atoms in total. The number of nitrogens with one attached hydrogen (secondary N) is 1. The van der Waals surface area contributed by atoms with Gasteiger partial charge in [0.25, 0.3) is 5.56 Å². The predicted molar refractivity (Wildman–Crippen MR) is 97.7 cm³/mol. The minimum Gasteiger partial charge on any atom is -0.371 e. The molecule has 24 heavy (non-hydrogen) atoms. The zero-order valence-electron chi connectivity index (χ0n) is 13.2. The van der Waals surface area contributed by atoms with Crippen molar-refractivity contribution in [3.05, 3.63) is 49.8 Å². The monoisotopic (exact) mass is 410 g/mol. The van der Waals surface area contributed by atoms with Gasteiger partial charge in [-0.2, -0.15) is 5.10 Å². The molecule has 1 fully saturated rings. The molecule has 1 aromatic carbocycles. The van der Waals surface area contributed by atoms with E-state index in [4.69, 9.17) is 11.6 Å². The topological polar surface area (TPSA) is 67.2 Å². The van der Waals surface area contributed by atoms with Gasteiger partial charge in [0.2, 0.25) is 5.91 Å². The molecule has 0 spiro atoms. The Morgan fingerprint density at radius 3 is 2.83 bits per heavy atom. The van der Waals surface area contributed by atoms with E-state index in [0.717, 1.165) is 20.4 Å². The number of rotatable bonds is 3. The van der Waals surface area contributed by atoms with E-state index in [1.807, 2.05) is 25.1 Å². The van der Waals surface area contributed by atoms with Crippen molar-refractivity contribution in [3.63, 3.8) is 0 Å². The highest BCUT2D eigenvalue weighted by Gasteiger charge is 2.33. The van der Waals surface area contributed by atoms with Crippen LogP contribution in [0.5, 0.6) is 0 Å². The molecule has 126 valence electrons. The molecule has 1 saturated heterocycles. The number of benzene rings is 1. The van der Waals surface area contributed by atoms with Crippen LogP contribution in [0, 0.1) is 6.92 Å². The minimum absolute atomic E-state index is 0.0400. The van der Waals surface area contributed by atoms with Gasteiger partial charge in [-0.25, -0.2) is 4.68 Å². The lowest BCUT2D eigenvalue weighted by Crippen LogP contribution is -2.34. The number of aryl methyl sites for hydroxylation is 2. The zero-order valence-corrected chi connectivity index (χ0v) is 15.6. The molecule has 8 heteroatoms. The van der Waals surface area contributed by atoms with Crippen LogP contribution in [0.25, 0.3) is 0 Å². The summed E-state index contributed by atoms with van der Waals surface area (Å²) >= 11 is 9.51. The minimum atomic E-state index is -0.430. The van der Waals surface area contributed by atoms with Gasteiger partial charge in [-0.3, -0.25) is 9.59 Å². The third-order valence-electron chi connectivity index (χ3n) is 4.07. The normalized spacial score (nSPS) is 17.4. The molecule has 0 aliphatic carbocycles. The van der Waals surface area contributed by atoms with Crippen molar-refractivity contribution < 1.29 is 4.79 Å². The molecule has 0 saturated carbocycles. The predicted octanol–water partition coefficient (Wildman–Crippen LogP) is 2.72. The molecule has 2 aromatic rings. The number of nitrogens with zero attached hydrogens (tertiary/aromatic N) is 3.